The molecule has 0 bridgehead atoms. The second-order valence-corrected chi connectivity index (χ2v) is 9.39. The maximum absolute atomic E-state index is 12.6. The summed E-state index contributed by atoms with van der Waals surface area (Å²) in [6, 6.07) is 14.6. The van der Waals surface area contributed by atoms with Gasteiger partial charge in [0, 0.05) is 32.9 Å². The monoisotopic (exact) mass is 509 g/mol. The Kier molecular flexibility index (Phi) is 5.95. The van der Waals surface area contributed by atoms with Crippen molar-refractivity contribution in [3.63, 3.8) is 0 Å². The average Bonchev–Trinajstić information content (AvgIpc) is 3.51. The average molecular weight is 510 g/mol. The van der Waals surface area contributed by atoms with E-state index in [1.165, 1.54) is 17.4 Å². The minimum Gasteiger partial charge on any atom is -0.457 e. The molecule has 0 aliphatic rings. The zero-order valence-electron chi connectivity index (χ0n) is 18.0. The van der Waals surface area contributed by atoms with Crippen LogP contribution >= 0.6 is 34.5 Å². The summed E-state index contributed by atoms with van der Waals surface area (Å²) in [6.45, 7) is 3.78. The van der Waals surface area contributed by atoms with Gasteiger partial charge in [0.15, 0.2) is 5.82 Å². The zero-order chi connectivity index (χ0) is 23.8. The summed E-state index contributed by atoms with van der Waals surface area (Å²) in [5.41, 5.74) is 3.27. The number of halogens is 2. The molecule has 7 nitrogen and oxygen atoms in total. The number of rotatable bonds is 5. The van der Waals surface area contributed by atoms with Gasteiger partial charge in [-0.3, -0.25) is 4.79 Å². The quantitative estimate of drug-likeness (QED) is 0.266. The Labute approximate surface area is 208 Å². The molecule has 2 aromatic carbocycles. The van der Waals surface area contributed by atoms with E-state index in [-0.39, 0.29) is 5.91 Å². The minimum atomic E-state index is -0.280. The Morgan fingerprint density at radius 1 is 1.03 bits per heavy atom. The van der Waals surface area contributed by atoms with Crippen LogP contribution in [0.3, 0.4) is 0 Å². The molecule has 0 spiro atoms. The molecular weight excluding hydrogens is 493 g/mol. The fourth-order valence-electron chi connectivity index (χ4n) is 3.35. The lowest BCUT2D eigenvalue weighted by Gasteiger charge is -2.08. The molecule has 0 radical (unpaired) electrons. The predicted molar refractivity (Wildman–Crippen MR) is 135 cm³/mol. The van der Waals surface area contributed by atoms with Crippen molar-refractivity contribution in [3.8, 4) is 21.9 Å². The summed E-state index contributed by atoms with van der Waals surface area (Å²) < 4.78 is 7.51. The van der Waals surface area contributed by atoms with Crippen LogP contribution in [-0.2, 0) is 4.79 Å². The zero-order valence-corrected chi connectivity index (χ0v) is 20.4. The Balaban J connectivity index is 1.31. The smallest absolute Gasteiger partial charge is 0.248 e. The largest absolute Gasteiger partial charge is 0.457 e. The van der Waals surface area contributed by atoms with Crippen LogP contribution in [0.1, 0.15) is 17.1 Å². The van der Waals surface area contributed by atoms with Crippen molar-refractivity contribution < 1.29 is 9.21 Å². The summed E-state index contributed by atoms with van der Waals surface area (Å²) in [5, 5.41) is 17.4. The van der Waals surface area contributed by atoms with Crippen LogP contribution in [0.5, 0.6) is 0 Å². The lowest BCUT2D eigenvalue weighted by molar-refractivity contribution is -0.111. The van der Waals surface area contributed by atoms with E-state index in [0.29, 0.717) is 27.3 Å². The number of nitrogens with zero attached hydrogens (tertiary/aromatic N) is 4. The SMILES string of the molecule is Cc1ccc(-c2nn3c(C)nnc3s2)cc1NC(=O)/C=C/c1ccc(-c2cc(Cl)cc(Cl)c2)o1. The number of hydrogen-bond acceptors (Lipinski definition) is 6. The molecule has 0 aliphatic carbocycles. The first-order valence-electron chi connectivity index (χ1n) is 10.2. The highest BCUT2D eigenvalue weighted by molar-refractivity contribution is 7.19. The van der Waals surface area contributed by atoms with Crippen molar-refractivity contribution in [1.29, 1.82) is 0 Å². The lowest BCUT2D eigenvalue weighted by Crippen LogP contribution is -2.09. The molecule has 10 heteroatoms. The first-order chi connectivity index (χ1) is 16.4. The molecule has 0 aliphatic heterocycles. The summed E-state index contributed by atoms with van der Waals surface area (Å²) in [7, 11) is 0. The van der Waals surface area contributed by atoms with Crippen molar-refractivity contribution in [3.05, 3.63) is 81.8 Å². The van der Waals surface area contributed by atoms with Gasteiger partial charge in [0.25, 0.3) is 0 Å². The third-order valence-electron chi connectivity index (χ3n) is 5.06. The van der Waals surface area contributed by atoms with Gasteiger partial charge in [0.2, 0.25) is 10.9 Å². The number of benzene rings is 2. The molecule has 0 saturated carbocycles. The predicted octanol–water partition coefficient (Wildman–Crippen LogP) is 6.69. The van der Waals surface area contributed by atoms with Crippen LogP contribution in [-0.4, -0.2) is 25.7 Å². The molecule has 170 valence electrons. The first kappa shape index (κ1) is 22.3. The fourth-order valence-corrected chi connectivity index (χ4v) is 4.75. The van der Waals surface area contributed by atoms with Crippen LogP contribution in [0.15, 0.2) is 59.0 Å². The maximum Gasteiger partial charge on any atom is 0.248 e. The minimum absolute atomic E-state index is 0.280. The summed E-state index contributed by atoms with van der Waals surface area (Å²) in [6.07, 6.45) is 3.03. The van der Waals surface area contributed by atoms with Crippen molar-refractivity contribution in [2.24, 2.45) is 0 Å². The van der Waals surface area contributed by atoms with E-state index in [1.807, 2.05) is 32.0 Å². The van der Waals surface area contributed by atoms with E-state index in [1.54, 1.807) is 40.9 Å². The number of furan rings is 1. The molecule has 1 N–H and O–H groups in total. The van der Waals surface area contributed by atoms with Gasteiger partial charge < -0.3 is 9.73 Å². The number of carbonyl (C=O) groups excluding carboxylic acids is 1. The number of carbonyl (C=O) groups is 1. The third-order valence-corrected chi connectivity index (χ3v) is 6.45. The third kappa shape index (κ3) is 4.61. The Morgan fingerprint density at radius 2 is 1.82 bits per heavy atom. The van der Waals surface area contributed by atoms with Crippen LogP contribution in [0.4, 0.5) is 5.69 Å². The highest BCUT2D eigenvalue weighted by Gasteiger charge is 2.12. The molecule has 0 saturated heterocycles. The molecule has 34 heavy (non-hydrogen) atoms. The van der Waals surface area contributed by atoms with E-state index < -0.39 is 0 Å². The highest BCUT2D eigenvalue weighted by Crippen LogP contribution is 2.30. The summed E-state index contributed by atoms with van der Waals surface area (Å²) in [5.74, 6) is 1.58. The van der Waals surface area contributed by atoms with Gasteiger partial charge in [0.05, 0.1) is 0 Å². The van der Waals surface area contributed by atoms with Crippen molar-refractivity contribution in [2.45, 2.75) is 13.8 Å². The Morgan fingerprint density at radius 3 is 2.59 bits per heavy atom. The molecule has 1 amide bonds. The lowest BCUT2D eigenvalue weighted by atomic mass is 10.1. The molecule has 0 unspecified atom stereocenters. The number of nitrogens with one attached hydrogen (secondary N) is 1. The maximum atomic E-state index is 12.6. The normalized spacial score (nSPS) is 11.5. The van der Waals surface area contributed by atoms with Crippen LogP contribution in [0, 0.1) is 13.8 Å². The Hall–Kier alpha value is -3.46. The van der Waals surface area contributed by atoms with Crippen LogP contribution in [0.2, 0.25) is 10.0 Å². The number of anilines is 1. The fraction of sp³-hybridized carbons (Fsp3) is 0.0833. The Bertz CT molecular complexity index is 1550. The van der Waals surface area contributed by atoms with Gasteiger partial charge in [-0.25, -0.2) is 0 Å². The molecule has 0 atom stereocenters. The second-order valence-electron chi connectivity index (χ2n) is 7.56. The van der Waals surface area contributed by atoms with Gasteiger partial charge in [-0.15, -0.1) is 10.2 Å². The molecular formula is C24H17Cl2N5O2S. The number of fused-ring (bicyclic) bond motifs is 1. The van der Waals surface area contributed by atoms with Gasteiger partial charge in [0.1, 0.15) is 16.5 Å². The van der Waals surface area contributed by atoms with Gasteiger partial charge in [-0.05, 0) is 61.9 Å². The van der Waals surface area contributed by atoms with Gasteiger partial charge in [-0.2, -0.15) is 9.61 Å². The molecule has 3 heterocycles. The van der Waals surface area contributed by atoms with E-state index in [4.69, 9.17) is 27.6 Å². The number of hydrogen-bond donors (Lipinski definition) is 1. The molecule has 0 fully saturated rings. The number of amides is 1. The van der Waals surface area contributed by atoms with E-state index in [9.17, 15) is 4.79 Å². The van der Waals surface area contributed by atoms with Crippen molar-refractivity contribution >= 4 is 57.2 Å². The molecule has 3 aromatic heterocycles. The van der Waals surface area contributed by atoms with Crippen molar-refractivity contribution in [2.75, 3.05) is 5.32 Å². The summed E-state index contributed by atoms with van der Waals surface area (Å²) in [4.78, 5) is 13.3. The van der Waals surface area contributed by atoms with Crippen molar-refractivity contribution in [1.82, 2.24) is 19.8 Å². The highest BCUT2D eigenvalue weighted by atomic mass is 35.5. The second kappa shape index (κ2) is 9.06. The topological polar surface area (TPSA) is 85.3 Å². The summed E-state index contributed by atoms with van der Waals surface area (Å²) >= 11 is 13.6. The van der Waals surface area contributed by atoms with E-state index >= 15 is 0 Å². The van der Waals surface area contributed by atoms with Gasteiger partial charge >= 0.3 is 0 Å². The standard InChI is InChI=1S/C24H17Cl2N5O2S/c1-13-3-4-15(23-30-31-14(2)28-29-24(31)34-23)11-20(13)27-22(32)8-6-19-5-7-21(33-19)16-9-17(25)12-18(26)10-16/h3-12H,1-2H3,(H,27,32)/b8-6+. The van der Waals surface area contributed by atoms with Gasteiger partial charge in [-0.1, -0.05) is 46.7 Å². The van der Waals surface area contributed by atoms with E-state index in [2.05, 4.69) is 20.6 Å². The van der Waals surface area contributed by atoms with Crippen LogP contribution < -0.4 is 5.32 Å². The number of aromatic nitrogens is 4. The number of aryl methyl sites for hydroxylation is 2. The van der Waals surface area contributed by atoms with Crippen LogP contribution in [0.25, 0.3) is 32.9 Å². The first-order valence-corrected chi connectivity index (χ1v) is 11.8. The van der Waals surface area contributed by atoms with E-state index in [0.717, 1.165) is 32.5 Å². The molecule has 5 aromatic rings. The molecule has 5 rings (SSSR count).